The lowest BCUT2D eigenvalue weighted by atomic mass is 10.0. The Morgan fingerprint density at radius 1 is 0.404 bits per heavy atom. The van der Waals surface area contributed by atoms with Crippen LogP contribution in [0, 0.1) is 0 Å². The molecule has 0 saturated carbocycles. The van der Waals surface area contributed by atoms with Crippen LogP contribution in [-0.4, -0.2) is 24.5 Å². The molecule has 47 heavy (non-hydrogen) atoms. The highest BCUT2D eigenvalue weighted by molar-refractivity contribution is 6.14. The summed E-state index contributed by atoms with van der Waals surface area (Å²) >= 11 is 0. The highest BCUT2D eigenvalue weighted by Gasteiger charge is 2.18. The summed E-state index contributed by atoms with van der Waals surface area (Å²) in [6.45, 7) is 3.48. The van der Waals surface area contributed by atoms with Gasteiger partial charge in [0.15, 0.2) is 0 Å². The maximum atomic E-state index is 5.03. The van der Waals surface area contributed by atoms with Gasteiger partial charge >= 0.3 is 0 Å². The van der Waals surface area contributed by atoms with Crippen molar-refractivity contribution in [3.8, 4) is 0 Å². The van der Waals surface area contributed by atoms with Gasteiger partial charge in [0.05, 0.1) is 22.8 Å². The van der Waals surface area contributed by atoms with Gasteiger partial charge in [-0.15, -0.1) is 0 Å². The molecular formula is C43H46N4. The number of rotatable bonds is 0. The number of aliphatic imine (C=N–C) groups is 2. The van der Waals surface area contributed by atoms with E-state index in [1.54, 1.807) is 0 Å². The van der Waals surface area contributed by atoms with Crippen molar-refractivity contribution in [2.45, 2.75) is 70.9 Å². The minimum Gasteiger partial charge on any atom is -0.343 e. The van der Waals surface area contributed by atoms with Crippen LogP contribution in [-0.2, 0) is 19.5 Å². The number of hydrogen-bond donors (Lipinski definition) is 0. The number of nitrogens with zero attached hydrogens (tertiary/aromatic N) is 4. The molecule has 0 radical (unpaired) electrons. The van der Waals surface area contributed by atoms with Gasteiger partial charge in [0.2, 0.25) is 0 Å². The molecule has 4 aromatic rings. The van der Waals surface area contributed by atoms with Gasteiger partial charge in [0.1, 0.15) is 0 Å². The number of benzene rings is 4. The molecule has 0 spiro atoms. The maximum Gasteiger partial charge on any atom is 0.0682 e. The number of hydrogen-bond acceptors (Lipinski definition) is 4. The third-order valence-corrected chi connectivity index (χ3v) is 9.59. The molecule has 0 unspecified atom stereocenters. The predicted octanol–water partition coefficient (Wildman–Crippen LogP) is 10.1. The lowest BCUT2D eigenvalue weighted by Crippen LogP contribution is -2.22. The molecule has 4 aromatic carbocycles. The summed E-state index contributed by atoms with van der Waals surface area (Å²) in [4.78, 5) is 14.8. The SMILES string of the molecule is C1=CN2Cc3ccc(cc3)Cc3ccc(cc3)CN3C=CC(=NCCCCCCCCCCN=C1c1ccccc12)c1ccccc13. The summed E-state index contributed by atoms with van der Waals surface area (Å²) < 4.78 is 0. The van der Waals surface area contributed by atoms with E-state index >= 15 is 0 Å². The average molecular weight is 619 g/mol. The van der Waals surface area contributed by atoms with Crippen LogP contribution in [0.4, 0.5) is 11.4 Å². The zero-order chi connectivity index (χ0) is 31.7. The van der Waals surface area contributed by atoms with Crippen LogP contribution in [0.25, 0.3) is 0 Å². The largest absolute Gasteiger partial charge is 0.343 e. The predicted molar refractivity (Wildman–Crippen MR) is 199 cm³/mol. The first-order chi connectivity index (χ1) is 23.3. The van der Waals surface area contributed by atoms with Crippen LogP contribution in [0.1, 0.15) is 84.7 Å². The van der Waals surface area contributed by atoms with E-state index in [4.69, 9.17) is 9.98 Å². The summed E-state index contributed by atoms with van der Waals surface area (Å²) in [5.74, 6) is 0. The molecule has 10 rings (SSSR count). The van der Waals surface area contributed by atoms with Gasteiger partial charge in [-0.3, -0.25) is 9.98 Å². The van der Waals surface area contributed by atoms with E-state index in [1.165, 1.54) is 83.3 Å². The van der Waals surface area contributed by atoms with E-state index in [0.29, 0.717) is 0 Å². The van der Waals surface area contributed by atoms with Gasteiger partial charge in [-0.2, -0.15) is 0 Å². The van der Waals surface area contributed by atoms with Crippen LogP contribution in [0.2, 0.25) is 0 Å². The Morgan fingerprint density at radius 2 is 0.787 bits per heavy atom. The van der Waals surface area contributed by atoms with Crippen molar-refractivity contribution < 1.29 is 0 Å². The van der Waals surface area contributed by atoms with E-state index in [2.05, 4.69) is 131 Å². The smallest absolute Gasteiger partial charge is 0.0682 e. The van der Waals surface area contributed by atoms with Gasteiger partial charge in [-0.25, -0.2) is 0 Å². The van der Waals surface area contributed by atoms with E-state index in [-0.39, 0.29) is 0 Å². The fourth-order valence-electron chi connectivity index (χ4n) is 6.93. The molecule has 4 heteroatoms. The fourth-order valence-corrected chi connectivity index (χ4v) is 6.93. The lowest BCUT2D eigenvalue weighted by Gasteiger charge is -2.27. The first-order valence-electron chi connectivity index (χ1n) is 17.6. The standard InChI is InChI=1S/C43H46N4/c1-2-4-6-12-28-45-41-26-30-47(43-16-10-8-14-39(41)43)33-37-23-19-35(20-24-37)31-34-17-21-36(22-18-34)32-46-29-25-40(44-27-11-5-3-1)38-13-7-9-15-42(38)46/h7-10,13-26,29-30H,1-6,11-12,27-28,31-33H2. The summed E-state index contributed by atoms with van der Waals surface area (Å²) in [6, 6.07) is 35.7. The number of fused-ring (bicyclic) bond motifs is 3. The molecule has 6 heterocycles. The Kier molecular flexibility index (Phi) is 10.0. The zero-order valence-corrected chi connectivity index (χ0v) is 27.5. The van der Waals surface area contributed by atoms with E-state index in [0.717, 1.165) is 56.9 Å². The molecule has 0 N–H and O–H groups in total. The topological polar surface area (TPSA) is 31.2 Å². The first-order valence-corrected chi connectivity index (χ1v) is 17.6. The quantitative estimate of drug-likeness (QED) is 0.196. The van der Waals surface area contributed by atoms with Gasteiger partial charge in [0, 0.05) is 49.7 Å². The second-order valence-corrected chi connectivity index (χ2v) is 13.1. The van der Waals surface area contributed by atoms with Crippen LogP contribution in [0.5, 0.6) is 0 Å². The van der Waals surface area contributed by atoms with Crippen molar-refractivity contribution in [1.82, 2.24) is 0 Å². The van der Waals surface area contributed by atoms with Crippen LogP contribution >= 0.6 is 0 Å². The van der Waals surface area contributed by atoms with E-state index in [9.17, 15) is 0 Å². The molecule has 0 atom stereocenters. The molecule has 6 aliphatic heterocycles. The Morgan fingerprint density at radius 3 is 1.23 bits per heavy atom. The Balaban J connectivity index is 1.08. The summed E-state index contributed by atoms with van der Waals surface area (Å²) in [7, 11) is 0. The second-order valence-electron chi connectivity index (χ2n) is 13.1. The van der Waals surface area contributed by atoms with Gasteiger partial charge in [-0.05, 0) is 65.8 Å². The monoisotopic (exact) mass is 618 g/mol. The highest BCUT2D eigenvalue weighted by Crippen LogP contribution is 2.30. The third kappa shape index (κ3) is 7.82. The highest BCUT2D eigenvalue weighted by atomic mass is 15.1. The molecule has 238 valence electrons. The normalized spacial score (nSPS) is 17.5. The molecule has 6 aliphatic rings. The molecule has 0 aliphatic carbocycles. The fraction of sp³-hybridized carbons (Fsp3) is 0.302. The van der Waals surface area contributed by atoms with E-state index in [1.807, 2.05) is 0 Å². The molecule has 0 amide bonds. The van der Waals surface area contributed by atoms with Crippen LogP contribution in [0.15, 0.2) is 132 Å². The summed E-state index contributed by atoms with van der Waals surface area (Å²) in [5.41, 5.74) is 12.5. The van der Waals surface area contributed by atoms with Crippen molar-refractivity contribution in [3.63, 3.8) is 0 Å². The van der Waals surface area contributed by atoms with Crippen LogP contribution in [0.3, 0.4) is 0 Å². The Hall–Kier alpha value is -4.70. The van der Waals surface area contributed by atoms with Crippen molar-refractivity contribution in [1.29, 1.82) is 0 Å². The summed E-state index contributed by atoms with van der Waals surface area (Å²) in [6.07, 6.45) is 19.8. The average Bonchev–Trinajstić information content (AvgIpc) is 3.11. The second kappa shape index (κ2) is 15.3. The van der Waals surface area contributed by atoms with Gasteiger partial charge in [-0.1, -0.05) is 123 Å². The first kappa shape index (κ1) is 30.9. The minimum absolute atomic E-state index is 0.844. The van der Waals surface area contributed by atoms with Crippen molar-refractivity contribution >= 4 is 22.8 Å². The van der Waals surface area contributed by atoms with Crippen molar-refractivity contribution in [2.24, 2.45) is 9.98 Å². The minimum atomic E-state index is 0.844. The van der Waals surface area contributed by atoms with Gasteiger partial charge in [0.25, 0.3) is 0 Å². The van der Waals surface area contributed by atoms with Crippen molar-refractivity contribution in [2.75, 3.05) is 22.9 Å². The third-order valence-electron chi connectivity index (χ3n) is 9.59. The molecule has 0 saturated heterocycles. The Bertz CT molecular complexity index is 1630. The van der Waals surface area contributed by atoms with Crippen LogP contribution < -0.4 is 9.80 Å². The Labute approximate surface area is 280 Å². The molecular weight excluding hydrogens is 573 g/mol. The zero-order valence-electron chi connectivity index (χ0n) is 27.5. The number of anilines is 2. The molecule has 0 fully saturated rings. The maximum absolute atomic E-state index is 5.03. The molecule has 4 nitrogen and oxygen atoms in total. The summed E-state index contributed by atoms with van der Waals surface area (Å²) in [5, 5.41) is 0. The molecule has 8 bridgehead atoms. The number of para-hydroxylation sites is 2. The van der Waals surface area contributed by atoms with Crippen molar-refractivity contribution in [3.05, 3.63) is 155 Å². The molecule has 0 aromatic heterocycles. The van der Waals surface area contributed by atoms with Gasteiger partial charge < -0.3 is 9.80 Å². The number of allylic oxidation sites excluding steroid dienone is 2. The lowest BCUT2D eigenvalue weighted by molar-refractivity contribution is 0.573. The van der Waals surface area contributed by atoms with E-state index < -0.39 is 0 Å².